The Morgan fingerprint density at radius 1 is 1.57 bits per heavy atom. The van der Waals surface area contributed by atoms with Gasteiger partial charge in [-0.15, -0.1) is 0 Å². The number of allylic oxidation sites excluding steroid dienone is 2. The SMILES string of the molecule is CCCC/C=C/CC1=CC[C@]2(N)CC12. The monoisotopic (exact) mass is 191 g/mol. The highest BCUT2D eigenvalue weighted by Gasteiger charge is 2.54. The van der Waals surface area contributed by atoms with Gasteiger partial charge in [-0.05, 0) is 25.7 Å². The molecule has 1 fully saturated rings. The zero-order valence-corrected chi connectivity index (χ0v) is 9.13. The first kappa shape index (κ1) is 9.97. The van der Waals surface area contributed by atoms with Gasteiger partial charge in [0.2, 0.25) is 0 Å². The summed E-state index contributed by atoms with van der Waals surface area (Å²) in [4.78, 5) is 0. The molecule has 0 bridgehead atoms. The third-order valence-electron chi connectivity index (χ3n) is 3.55. The first-order valence-corrected chi connectivity index (χ1v) is 5.89. The lowest BCUT2D eigenvalue weighted by molar-refractivity contribution is 0.673. The Kier molecular flexibility index (Phi) is 2.78. The van der Waals surface area contributed by atoms with E-state index in [9.17, 15) is 0 Å². The van der Waals surface area contributed by atoms with E-state index < -0.39 is 0 Å². The summed E-state index contributed by atoms with van der Waals surface area (Å²) in [5, 5.41) is 0. The highest BCUT2D eigenvalue weighted by atomic mass is 14.9. The molecular formula is C13H21N. The molecule has 1 heteroatoms. The van der Waals surface area contributed by atoms with Crippen molar-refractivity contribution >= 4 is 0 Å². The number of hydrogen-bond donors (Lipinski definition) is 1. The molecule has 0 heterocycles. The fourth-order valence-electron chi connectivity index (χ4n) is 2.40. The molecule has 2 aliphatic rings. The molecule has 2 N–H and O–H groups in total. The number of nitrogens with two attached hydrogens (primary N) is 1. The van der Waals surface area contributed by atoms with E-state index in [0.717, 1.165) is 18.8 Å². The van der Waals surface area contributed by atoms with Crippen molar-refractivity contribution in [1.82, 2.24) is 0 Å². The van der Waals surface area contributed by atoms with Crippen molar-refractivity contribution in [3.05, 3.63) is 23.8 Å². The number of hydrogen-bond acceptors (Lipinski definition) is 1. The van der Waals surface area contributed by atoms with E-state index in [4.69, 9.17) is 5.73 Å². The molecule has 2 rings (SSSR count). The molecule has 0 aromatic heterocycles. The summed E-state index contributed by atoms with van der Waals surface area (Å²) < 4.78 is 0. The number of fused-ring (bicyclic) bond motifs is 1. The van der Waals surface area contributed by atoms with Crippen LogP contribution in [0, 0.1) is 5.92 Å². The highest BCUT2D eigenvalue weighted by Crippen LogP contribution is 2.54. The fraction of sp³-hybridized carbons (Fsp3) is 0.692. The normalized spacial score (nSPS) is 34.7. The van der Waals surface area contributed by atoms with Crippen LogP contribution in [0.3, 0.4) is 0 Å². The zero-order valence-electron chi connectivity index (χ0n) is 9.13. The third kappa shape index (κ3) is 1.93. The standard InChI is InChI=1S/C13H21N/c1-2-3-4-5-6-7-11-8-9-13(14)10-12(11)13/h5-6,8,12H,2-4,7,9-10,14H2,1H3/b6-5+/t12?,13-/m0/s1. The second-order valence-corrected chi connectivity index (χ2v) is 4.79. The molecule has 78 valence electrons. The van der Waals surface area contributed by atoms with Crippen molar-refractivity contribution in [3.63, 3.8) is 0 Å². The van der Waals surface area contributed by atoms with Gasteiger partial charge in [0.05, 0.1) is 0 Å². The maximum absolute atomic E-state index is 6.12. The van der Waals surface area contributed by atoms with E-state index in [0.29, 0.717) is 0 Å². The van der Waals surface area contributed by atoms with Gasteiger partial charge in [0, 0.05) is 11.5 Å². The molecule has 0 aromatic rings. The van der Waals surface area contributed by atoms with Crippen LogP contribution in [0.25, 0.3) is 0 Å². The van der Waals surface area contributed by atoms with Crippen LogP contribution < -0.4 is 5.73 Å². The largest absolute Gasteiger partial charge is 0.324 e. The van der Waals surface area contributed by atoms with Gasteiger partial charge in [0.25, 0.3) is 0 Å². The van der Waals surface area contributed by atoms with Gasteiger partial charge in [-0.1, -0.05) is 43.6 Å². The summed E-state index contributed by atoms with van der Waals surface area (Å²) in [5.74, 6) is 0.735. The first-order chi connectivity index (χ1) is 6.76. The lowest BCUT2D eigenvalue weighted by Gasteiger charge is -1.99. The van der Waals surface area contributed by atoms with Crippen LogP contribution in [-0.4, -0.2) is 5.54 Å². The van der Waals surface area contributed by atoms with Gasteiger partial charge in [-0.2, -0.15) is 0 Å². The van der Waals surface area contributed by atoms with Crippen LogP contribution >= 0.6 is 0 Å². The van der Waals surface area contributed by atoms with E-state index in [-0.39, 0.29) is 5.54 Å². The molecule has 0 radical (unpaired) electrons. The van der Waals surface area contributed by atoms with Crippen LogP contribution in [0.4, 0.5) is 0 Å². The van der Waals surface area contributed by atoms with Crippen molar-refractivity contribution in [3.8, 4) is 0 Å². The average molecular weight is 191 g/mol. The lowest BCUT2D eigenvalue weighted by Crippen LogP contribution is -2.20. The number of unbranched alkanes of at least 4 members (excludes halogenated alkanes) is 2. The van der Waals surface area contributed by atoms with Crippen molar-refractivity contribution in [1.29, 1.82) is 0 Å². The lowest BCUT2D eigenvalue weighted by atomic mass is 10.1. The summed E-state index contributed by atoms with van der Waals surface area (Å²) in [5.41, 5.74) is 7.92. The fourth-order valence-corrected chi connectivity index (χ4v) is 2.40. The minimum Gasteiger partial charge on any atom is -0.324 e. The minimum absolute atomic E-state index is 0.201. The minimum atomic E-state index is 0.201. The topological polar surface area (TPSA) is 26.0 Å². The van der Waals surface area contributed by atoms with Crippen LogP contribution in [0.5, 0.6) is 0 Å². The van der Waals surface area contributed by atoms with E-state index in [1.807, 2.05) is 0 Å². The first-order valence-electron chi connectivity index (χ1n) is 5.89. The van der Waals surface area contributed by atoms with Crippen molar-refractivity contribution in [2.24, 2.45) is 11.7 Å². The van der Waals surface area contributed by atoms with Crippen molar-refractivity contribution in [2.75, 3.05) is 0 Å². The molecule has 2 aliphatic carbocycles. The van der Waals surface area contributed by atoms with Crippen LogP contribution in [0.15, 0.2) is 23.8 Å². The quantitative estimate of drug-likeness (QED) is 0.524. The third-order valence-corrected chi connectivity index (χ3v) is 3.55. The zero-order chi connectivity index (χ0) is 10.0. The highest BCUT2D eigenvalue weighted by molar-refractivity contribution is 5.34. The van der Waals surface area contributed by atoms with E-state index in [1.54, 1.807) is 5.57 Å². The second kappa shape index (κ2) is 3.90. The summed E-state index contributed by atoms with van der Waals surface area (Å²) in [6, 6.07) is 0. The Morgan fingerprint density at radius 3 is 3.00 bits per heavy atom. The van der Waals surface area contributed by atoms with Gasteiger partial charge >= 0.3 is 0 Å². The van der Waals surface area contributed by atoms with E-state index in [2.05, 4.69) is 25.2 Å². The van der Waals surface area contributed by atoms with Crippen LogP contribution in [0.2, 0.25) is 0 Å². The summed E-state index contributed by atoms with van der Waals surface area (Å²) in [7, 11) is 0. The van der Waals surface area contributed by atoms with E-state index in [1.165, 1.54) is 25.7 Å². The maximum atomic E-state index is 6.12. The Hall–Kier alpha value is -0.560. The second-order valence-electron chi connectivity index (χ2n) is 4.79. The Bertz CT molecular complexity index is 264. The van der Waals surface area contributed by atoms with Gasteiger partial charge in [-0.25, -0.2) is 0 Å². The van der Waals surface area contributed by atoms with Crippen LogP contribution in [-0.2, 0) is 0 Å². The summed E-state index contributed by atoms with van der Waals surface area (Å²) >= 11 is 0. The Morgan fingerprint density at radius 2 is 2.43 bits per heavy atom. The molecule has 1 nitrogen and oxygen atoms in total. The van der Waals surface area contributed by atoms with Gasteiger partial charge < -0.3 is 5.73 Å². The Balaban J connectivity index is 1.70. The molecule has 0 aromatic carbocycles. The molecular weight excluding hydrogens is 170 g/mol. The van der Waals surface area contributed by atoms with Crippen molar-refractivity contribution in [2.45, 2.75) is 51.0 Å². The molecule has 14 heavy (non-hydrogen) atoms. The van der Waals surface area contributed by atoms with Crippen molar-refractivity contribution < 1.29 is 0 Å². The average Bonchev–Trinajstić information content (AvgIpc) is 2.75. The molecule has 2 atom stereocenters. The molecule has 1 unspecified atom stereocenters. The predicted molar refractivity (Wildman–Crippen MR) is 61.0 cm³/mol. The van der Waals surface area contributed by atoms with Gasteiger partial charge in [0.15, 0.2) is 0 Å². The van der Waals surface area contributed by atoms with E-state index >= 15 is 0 Å². The van der Waals surface area contributed by atoms with Crippen LogP contribution in [0.1, 0.15) is 45.4 Å². The molecule has 0 spiro atoms. The van der Waals surface area contributed by atoms with Gasteiger partial charge in [0.1, 0.15) is 0 Å². The summed E-state index contributed by atoms with van der Waals surface area (Å²) in [6.07, 6.45) is 14.4. The molecule has 0 aliphatic heterocycles. The maximum Gasteiger partial charge on any atom is 0.0262 e. The Labute approximate surface area is 87.1 Å². The van der Waals surface area contributed by atoms with Gasteiger partial charge in [-0.3, -0.25) is 0 Å². The molecule has 1 saturated carbocycles. The molecule has 0 saturated heterocycles. The smallest absolute Gasteiger partial charge is 0.0262 e. The number of rotatable bonds is 5. The predicted octanol–water partition coefficient (Wildman–Crippen LogP) is 3.17. The summed E-state index contributed by atoms with van der Waals surface area (Å²) in [6.45, 7) is 2.24. The molecule has 0 amide bonds.